The van der Waals surface area contributed by atoms with E-state index in [2.05, 4.69) is 5.32 Å². The fourth-order valence-electron chi connectivity index (χ4n) is 5.37. The number of carbonyl (C=O) groups is 2. The highest BCUT2D eigenvalue weighted by Crippen LogP contribution is 2.37. The van der Waals surface area contributed by atoms with E-state index in [9.17, 15) is 9.59 Å². The van der Waals surface area contributed by atoms with E-state index in [4.69, 9.17) is 4.74 Å². The van der Waals surface area contributed by atoms with Crippen molar-refractivity contribution in [1.29, 1.82) is 0 Å². The number of quaternary nitrogens is 1. The number of piperidine rings is 3. The number of rotatable bonds is 8. The SMILES string of the molecule is Cc1ccc([C@@H](Nc2ccccc2)C(=O)O[C@H]2C[N+]3(CC(=O)c4ccccc4)CCC2CC3)s1. The molecule has 0 spiro atoms. The number of anilines is 1. The maximum absolute atomic E-state index is 13.5. The number of hydrogen-bond donors (Lipinski definition) is 1. The van der Waals surface area contributed by atoms with E-state index >= 15 is 0 Å². The molecule has 0 radical (unpaired) electrons. The van der Waals surface area contributed by atoms with Crippen LogP contribution in [0.5, 0.6) is 0 Å². The van der Waals surface area contributed by atoms with Crippen LogP contribution in [0, 0.1) is 12.8 Å². The number of Topliss-reactive ketones (excluding diaryl/α,β-unsaturated/α-hetero) is 1. The molecule has 1 N–H and O–H groups in total. The number of ether oxygens (including phenoxy) is 1. The predicted octanol–water partition coefficient (Wildman–Crippen LogP) is 5.24. The molecule has 0 aliphatic carbocycles. The highest BCUT2D eigenvalue weighted by Gasteiger charge is 2.49. The van der Waals surface area contributed by atoms with Gasteiger partial charge in [0.05, 0.1) is 13.1 Å². The second-order valence-corrected chi connectivity index (χ2v) is 10.9. The summed E-state index contributed by atoms with van der Waals surface area (Å²) < 4.78 is 6.93. The molecule has 0 unspecified atom stereocenters. The lowest BCUT2D eigenvalue weighted by atomic mass is 9.82. The highest BCUT2D eigenvalue weighted by molar-refractivity contribution is 7.12. The van der Waals surface area contributed by atoms with E-state index in [1.807, 2.05) is 79.7 Å². The molecule has 3 aromatic rings. The molecule has 2 aromatic carbocycles. The maximum Gasteiger partial charge on any atom is 0.334 e. The monoisotopic (exact) mass is 475 g/mol. The van der Waals surface area contributed by atoms with Crippen molar-refractivity contribution in [1.82, 2.24) is 0 Å². The number of nitrogens with zero attached hydrogens (tertiary/aromatic N) is 1. The molecule has 2 atom stereocenters. The molecule has 6 heteroatoms. The van der Waals surface area contributed by atoms with E-state index in [-0.39, 0.29) is 17.9 Å². The van der Waals surface area contributed by atoms with E-state index in [0.29, 0.717) is 12.5 Å². The Balaban J connectivity index is 1.31. The minimum atomic E-state index is -0.545. The zero-order valence-corrected chi connectivity index (χ0v) is 20.3. The van der Waals surface area contributed by atoms with Gasteiger partial charge >= 0.3 is 5.97 Å². The van der Waals surface area contributed by atoms with Crippen LogP contribution in [0.1, 0.15) is 39.0 Å². The van der Waals surface area contributed by atoms with Crippen LogP contribution >= 0.6 is 11.3 Å². The topological polar surface area (TPSA) is 55.4 Å². The third kappa shape index (κ3) is 4.93. The number of fused-ring (bicyclic) bond motifs is 3. The largest absolute Gasteiger partial charge is 0.454 e. The summed E-state index contributed by atoms with van der Waals surface area (Å²) in [6.07, 6.45) is 1.84. The van der Waals surface area contributed by atoms with Crippen LogP contribution in [0.2, 0.25) is 0 Å². The van der Waals surface area contributed by atoms with Gasteiger partial charge < -0.3 is 14.5 Å². The molecular weight excluding hydrogens is 444 g/mol. The summed E-state index contributed by atoms with van der Waals surface area (Å²) in [6, 6.07) is 22.8. The number of thiophene rings is 1. The molecule has 5 nitrogen and oxygen atoms in total. The molecule has 3 aliphatic heterocycles. The zero-order chi connectivity index (χ0) is 23.5. The van der Waals surface area contributed by atoms with Crippen LogP contribution in [-0.4, -0.2) is 48.5 Å². The van der Waals surface area contributed by atoms with Gasteiger partial charge in [0.2, 0.25) is 5.78 Å². The minimum absolute atomic E-state index is 0.153. The number of nitrogens with one attached hydrogen (secondary N) is 1. The first-order valence-corrected chi connectivity index (χ1v) is 12.8. The Kier molecular flexibility index (Phi) is 6.53. The molecule has 34 heavy (non-hydrogen) atoms. The van der Waals surface area contributed by atoms with Crippen molar-refractivity contribution in [2.24, 2.45) is 5.92 Å². The van der Waals surface area contributed by atoms with E-state index < -0.39 is 6.04 Å². The normalized spacial score (nSPS) is 24.4. The lowest BCUT2D eigenvalue weighted by molar-refractivity contribution is -0.938. The number of para-hydroxylation sites is 1. The molecular formula is C28H31N2O3S+. The fourth-order valence-corrected chi connectivity index (χ4v) is 6.29. The van der Waals surface area contributed by atoms with Crippen molar-refractivity contribution in [2.75, 3.05) is 31.5 Å². The number of ketones is 1. The summed E-state index contributed by atoms with van der Waals surface area (Å²) in [5, 5.41) is 3.38. The van der Waals surface area contributed by atoms with Crippen molar-refractivity contribution >= 4 is 28.8 Å². The van der Waals surface area contributed by atoms with Gasteiger partial charge in [0.25, 0.3) is 0 Å². The Hall–Kier alpha value is -2.96. The average Bonchev–Trinajstić information content (AvgIpc) is 3.30. The number of hydrogen-bond acceptors (Lipinski definition) is 5. The van der Waals surface area contributed by atoms with Crippen molar-refractivity contribution in [2.45, 2.75) is 31.9 Å². The van der Waals surface area contributed by atoms with Crippen LogP contribution in [0.25, 0.3) is 0 Å². The molecule has 2 bridgehead atoms. The van der Waals surface area contributed by atoms with Crippen molar-refractivity contribution in [3.8, 4) is 0 Å². The smallest absolute Gasteiger partial charge is 0.334 e. The van der Waals surface area contributed by atoms with Crippen LogP contribution in [0.4, 0.5) is 5.69 Å². The molecule has 1 aromatic heterocycles. The van der Waals surface area contributed by atoms with Crippen molar-refractivity contribution in [3.05, 3.63) is 88.1 Å². The number of carbonyl (C=O) groups excluding carboxylic acids is 2. The van der Waals surface area contributed by atoms with Gasteiger partial charge in [-0.05, 0) is 31.2 Å². The van der Waals surface area contributed by atoms with Gasteiger partial charge in [0, 0.05) is 39.8 Å². The molecule has 3 aliphatic rings. The van der Waals surface area contributed by atoms with Crippen LogP contribution in [0.3, 0.4) is 0 Å². The number of esters is 1. The van der Waals surface area contributed by atoms with Gasteiger partial charge in [-0.15, -0.1) is 11.3 Å². The molecule has 3 fully saturated rings. The van der Waals surface area contributed by atoms with Crippen LogP contribution in [0.15, 0.2) is 72.8 Å². The van der Waals surface area contributed by atoms with Gasteiger partial charge in [-0.2, -0.15) is 0 Å². The third-order valence-electron chi connectivity index (χ3n) is 7.25. The minimum Gasteiger partial charge on any atom is -0.454 e. The summed E-state index contributed by atoms with van der Waals surface area (Å²) in [5.74, 6) is 0.305. The summed E-state index contributed by atoms with van der Waals surface area (Å²) in [6.45, 7) is 5.20. The van der Waals surface area contributed by atoms with Gasteiger partial charge in [-0.1, -0.05) is 48.5 Å². The third-order valence-corrected chi connectivity index (χ3v) is 8.32. The first-order chi connectivity index (χ1) is 16.5. The summed E-state index contributed by atoms with van der Waals surface area (Å²) in [5.41, 5.74) is 1.65. The van der Waals surface area contributed by atoms with Gasteiger partial charge in [0.15, 0.2) is 12.1 Å². The number of benzene rings is 2. The summed E-state index contributed by atoms with van der Waals surface area (Å²) in [4.78, 5) is 28.6. The Bertz CT molecular complexity index is 1140. The van der Waals surface area contributed by atoms with Crippen LogP contribution < -0.4 is 5.32 Å². The lowest BCUT2D eigenvalue weighted by Gasteiger charge is -2.51. The first kappa shape index (κ1) is 22.8. The second kappa shape index (κ2) is 9.72. The molecule has 3 saturated heterocycles. The lowest BCUT2D eigenvalue weighted by Crippen LogP contribution is -2.65. The molecule has 6 rings (SSSR count). The standard InChI is InChI=1S/C28H31N2O3S/c1-20-12-13-26(34-20)27(29-23-10-6-3-7-11-23)28(32)33-25-19-30(16-14-22(25)15-17-30)18-24(31)21-8-4-2-5-9-21/h2-13,22,25,27,29H,14-19H2,1H3/q+1/t22?,25-,27+,30?/m0/s1. The Morgan fingerprint density at radius 3 is 2.32 bits per heavy atom. The molecule has 0 saturated carbocycles. The van der Waals surface area contributed by atoms with E-state index in [0.717, 1.165) is 58.0 Å². The molecule has 0 amide bonds. The van der Waals surface area contributed by atoms with Gasteiger partial charge in [-0.3, -0.25) is 4.79 Å². The number of aryl methyl sites for hydroxylation is 1. The average molecular weight is 476 g/mol. The van der Waals surface area contributed by atoms with Crippen LogP contribution in [-0.2, 0) is 9.53 Å². The Morgan fingerprint density at radius 2 is 1.68 bits per heavy atom. The first-order valence-electron chi connectivity index (χ1n) is 12.0. The quantitative estimate of drug-likeness (QED) is 0.275. The van der Waals surface area contributed by atoms with E-state index in [1.54, 1.807) is 11.3 Å². The van der Waals surface area contributed by atoms with Crippen molar-refractivity contribution in [3.63, 3.8) is 0 Å². The Labute approximate surface area is 205 Å². The maximum atomic E-state index is 13.5. The summed E-state index contributed by atoms with van der Waals surface area (Å²) in [7, 11) is 0. The Morgan fingerprint density at radius 1 is 1.00 bits per heavy atom. The van der Waals surface area contributed by atoms with Crippen molar-refractivity contribution < 1.29 is 18.8 Å². The summed E-state index contributed by atoms with van der Waals surface area (Å²) >= 11 is 1.61. The molecule has 176 valence electrons. The zero-order valence-electron chi connectivity index (χ0n) is 19.5. The van der Waals surface area contributed by atoms with Gasteiger partial charge in [0.1, 0.15) is 13.1 Å². The second-order valence-electron chi connectivity index (χ2n) is 9.62. The van der Waals surface area contributed by atoms with Gasteiger partial charge in [-0.25, -0.2) is 4.79 Å². The molecule has 4 heterocycles. The van der Waals surface area contributed by atoms with E-state index in [1.165, 1.54) is 0 Å². The fraction of sp³-hybridized carbons (Fsp3) is 0.357. The highest BCUT2D eigenvalue weighted by atomic mass is 32.1. The predicted molar refractivity (Wildman–Crippen MR) is 135 cm³/mol.